The number of Topliss-reactive ketones (excluding diaryl/α,β-unsaturated/α-hetero) is 1. The molecule has 0 aliphatic heterocycles. The van der Waals surface area contributed by atoms with Crippen LogP contribution in [0, 0.1) is 0 Å². The lowest BCUT2D eigenvalue weighted by atomic mass is 10.1. The summed E-state index contributed by atoms with van der Waals surface area (Å²) in [5.41, 5.74) is 1.35. The molecule has 2 aromatic carbocycles. The molecule has 1 aromatic heterocycles. The minimum absolute atomic E-state index is 0.274. The van der Waals surface area contributed by atoms with Crippen molar-refractivity contribution < 1.29 is 19.1 Å². The molecule has 142 valence electrons. The van der Waals surface area contributed by atoms with Crippen LogP contribution in [-0.4, -0.2) is 30.3 Å². The maximum absolute atomic E-state index is 12.6. The van der Waals surface area contributed by atoms with Gasteiger partial charge in [-0.15, -0.1) is 11.3 Å². The first-order valence-electron chi connectivity index (χ1n) is 8.76. The topological polar surface area (TPSA) is 72.5 Å². The van der Waals surface area contributed by atoms with Crippen LogP contribution in [-0.2, 0) is 16.0 Å². The maximum Gasteiger partial charge on any atom is 0.329 e. The van der Waals surface area contributed by atoms with Crippen molar-refractivity contribution >= 4 is 29.0 Å². The van der Waals surface area contributed by atoms with E-state index in [1.165, 1.54) is 11.3 Å². The summed E-state index contributed by atoms with van der Waals surface area (Å²) in [5.74, 6) is -1.28. The quantitative estimate of drug-likeness (QED) is 0.470. The first kappa shape index (κ1) is 19.5. The second-order valence-electron chi connectivity index (χ2n) is 6.09. The summed E-state index contributed by atoms with van der Waals surface area (Å²) < 4.78 is 5.21. The van der Waals surface area contributed by atoms with Crippen LogP contribution < -0.4 is 5.32 Å². The molecule has 0 saturated heterocycles. The zero-order chi connectivity index (χ0) is 19.8. The fourth-order valence-corrected chi connectivity index (χ4v) is 3.25. The Hall–Kier alpha value is -3.25. The Morgan fingerprint density at radius 1 is 0.893 bits per heavy atom. The van der Waals surface area contributed by atoms with Gasteiger partial charge < -0.3 is 10.1 Å². The molecular formula is C22H19NO4S. The molecule has 0 spiro atoms. The van der Waals surface area contributed by atoms with Crippen LogP contribution >= 0.6 is 11.3 Å². The lowest BCUT2D eigenvalue weighted by Gasteiger charge is -2.17. The molecule has 5 nitrogen and oxygen atoms in total. The largest absolute Gasteiger partial charge is 0.456 e. The minimum Gasteiger partial charge on any atom is -0.456 e. The zero-order valence-corrected chi connectivity index (χ0v) is 15.9. The van der Waals surface area contributed by atoms with E-state index in [0.29, 0.717) is 10.4 Å². The van der Waals surface area contributed by atoms with E-state index in [2.05, 4.69) is 5.32 Å². The molecule has 0 radical (unpaired) electrons. The number of hydrogen-bond donors (Lipinski definition) is 1. The summed E-state index contributed by atoms with van der Waals surface area (Å²) in [6.45, 7) is -0.372. The highest BCUT2D eigenvalue weighted by Crippen LogP contribution is 2.11. The van der Waals surface area contributed by atoms with E-state index >= 15 is 0 Å². The number of ether oxygens (including phenoxy) is 1. The Bertz CT molecular complexity index is 924. The van der Waals surface area contributed by atoms with E-state index < -0.39 is 12.0 Å². The molecule has 1 N–H and O–H groups in total. The fourth-order valence-electron chi connectivity index (χ4n) is 2.62. The van der Waals surface area contributed by atoms with Gasteiger partial charge in [0, 0.05) is 12.0 Å². The Morgan fingerprint density at radius 3 is 2.21 bits per heavy atom. The summed E-state index contributed by atoms with van der Waals surface area (Å²) >= 11 is 1.29. The minimum atomic E-state index is -0.888. The first-order chi connectivity index (χ1) is 13.6. The van der Waals surface area contributed by atoms with Gasteiger partial charge in [-0.25, -0.2) is 4.79 Å². The van der Waals surface area contributed by atoms with Crippen LogP contribution in [0.15, 0.2) is 78.2 Å². The van der Waals surface area contributed by atoms with Crippen LogP contribution in [0.5, 0.6) is 0 Å². The second-order valence-corrected chi connectivity index (χ2v) is 7.04. The summed E-state index contributed by atoms with van der Waals surface area (Å²) in [6, 6.07) is 20.5. The molecule has 6 heteroatoms. The molecular weight excluding hydrogens is 374 g/mol. The van der Waals surface area contributed by atoms with Gasteiger partial charge in [-0.3, -0.25) is 9.59 Å². The first-order valence-corrected chi connectivity index (χ1v) is 9.64. The third-order valence-corrected chi connectivity index (χ3v) is 4.93. The van der Waals surface area contributed by atoms with Crippen molar-refractivity contribution in [2.24, 2.45) is 0 Å². The van der Waals surface area contributed by atoms with E-state index in [-0.39, 0.29) is 24.7 Å². The number of benzene rings is 2. The Labute approximate surface area is 167 Å². The van der Waals surface area contributed by atoms with Gasteiger partial charge in [0.2, 0.25) is 0 Å². The van der Waals surface area contributed by atoms with Gasteiger partial charge in [-0.2, -0.15) is 0 Å². The van der Waals surface area contributed by atoms with Gasteiger partial charge in [0.25, 0.3) is 5.91 Å². The SMILES string of the molecule is O=C(COC(=O)[C@@H](Cc1ccccc1)NC(=O)c1cccs1)c1ccccc1. The highest BCUT2D eigenvalue weighted by Gasteiger charge is 2.24. The molecule has 1 amide bonds. The van der Waals surface area contributed by atoms with Gasteiger partial charge in [-0.05, 0) is 17.0 Å². The molecule has 0 saturated carbocycles. The van der Waals surface area contributed by atoms with Crippen molar-refractivity contribution in [2.45, 2.75) is 12.5 Å². The fraction of sp³-hybridized carbons (Fsp3) is 0.136. The smallest absolute Gasteiger partial charge is 0.329 e. The predicted octanol–water partition coefficient (Wildman–Crippen LogP) is 3.52. The molecule has 3 rings (SSSR count). The van der Waals surface area contributed by atoms with Crippen molar-refractivity contribution in [2.75, 3.05) is 6.61 Å². The predicted molar refractivity (Wildman–Crippen MR) is 107 cm³/mol. The number of ketones is 1. The molecule has 0 bridgehead atoms. The van der Waals surface area contributed by atoms with Crippen molar-refractivity contribution in [3.05, 3.63) is 94.2 Å². The molecule has 0 unspecified atom stereocenters. The number of thiophene rings is 1. The number of hydrogen-bond acceptors (Lipinski definition) is 5. The molecule has 1 heterocycles. The monoisotopic (exact) mass is 393 g/mol. The van der Waals surface area contributed by atoms with Gasteiger partial charge in [0.15, 0.2) is 12.4 Å². The number of carbonyl (C=O) groups is 3. The summed E-state index contributed by atoms with van der Waals surface area (Å²) in [5, 5.41) is 4.51. The van der Waals surface area contributed by atoms with Crippen molar-refractivity contribution in [3.63, 3.8) is 0 Å². The Kier molecular flexibility index (Phi) is 6.70. The van der Waals surface area contributed by atoms with Gasteiger partial charge in [0.05, 0.1) is 4.88 Å². The van der Waals surface area contributed by atoms with Crippen molar-refractivity contribution in [1.29, 1.82) is 0 Å². The zero-order valence-electron chi connectivity index (χ0n) is 15.0. The van der Waals surface area contributed by atoms with Crippen LogP contribution in [0.4, 0.5) is 0 Å². The normalized spacial score (nSPS) is 11.4. The highest BCUT2D eigenvalue weighted by molar-refractivity contribution is 7.12. The lowest BCUT2D eigenvalue weighted by molar-refractivity contribution is -0.144. The van der Waals surface area contributed by atoms with E-state index in [9.17, 15) is 14.4 Å². The second kappa shape index (κ2) is 9.62. The Balaban J connectivity index is 1.67. The average molecular weight is 393 g/mol. The summed E-state index contributed by atoms with van der Waals surface area (Å²) in [4.78, 5) is 37.7. The van der Waals surface area contributed by atoms with Crippen molar-refractivity contribution in [3.8, 4) is 0 Å². The van der Waals surface area contributed by atoms with Crippen molar-refractivity contribution in [1.82, 2.24) is 5.32 Å². The van der Waals surface area contributed by atoms with E-state index in [4.69, 9.17) is 4.74 Å². The van der Waals surface area contributed by atoms with Crippen LogP contribution in [0.3, 0.4) is 0 Å². The number of nitrogens with one attached hydrogen (secondary N) is 1. The third-order valence-electron chi connectivity index (χ3n) is 4.06. The van der Waals surface area contributed by atoms with Crippen LogP contribution in [0.2, 0.25) is 0 Å². The summed E-state index contributed by atoms with van der Waals surface area (Å²) in [6.07, 6.45) is 0.274. The number of esters is 1. The number of rotatable bonds is 8. The summed E-state index contributed by atoms with van der Waals surface area (Å²) in [7, 11) is 0. The van der Waals surface area contributed by atoms with Gasteiger partial charge in [-0.1, -0.05) is 66.7 Å². The number of amides is 1. The molecule has 3 aromatic rings. The highest BCUT2D eigenvalue weighted by atomic mass is 32.1. The number of carbonyl (C=O) groups excluding carboxylic acids is 3. The standard InChI is InChI=1S/C22H19NO4S/c24-19(17-10-5-2-6-11-17)15-27-22(26)18(14-16-8-3-1-4-9-16)23-21(25)20-12-7-13-28-20/h1-13,18H,14-15H2,(H,23,25)/t18-/m1/s1. The Morgan fingerprint density at radius 2 is 1.57 bits per heavy atom. The van der Waals surface area contributed by atoms with E-state index in [1.54, 1.807) is 47.8 Å². The molecule has 0 aliphatic carbocycles. The third kappa shape index (κ3) is 5.37. The van der Waals surface area contributed by atoms with Gasteiger partial charge in [0.1, 0.15) is 6.04 Å². The maximum atomic E-state index is 12.6. The molecule has 0 fully saturated rings. The van der Waals surface area contributed by atoms with E-state index in [1.807, 2.05) is 30.3 Å². The van der Waals surface area contributed by atoms with Crippen LogP contribution in [0.25, 0.3) is 0 Å². The average Bonchev–Trinajstić information content (AvgIpc) is 3.28. The lowest BCUT2D eigenvalue weighted by Crippen LogP contribution is -2.43. The molecule has 28 heavy (non-hydrogen) atoms. The molecule has 0 aliphatic rings. The van der Waals surface area contributed by atoms with E-state index in [0.717, 1.165) is 5.56 Å². The van der Waals surface area contributed by atoms with Crippen LogP contribution in [0.1, 0.15) is 25.6 Å². The molecule has 1 atom stereocenters. The van der Waals surface area contributed by atoms with Gasteiger partial charge >= 0.3 is 5.97 Å².